The zero-order valence-corrected chi connectivity index (χ0v) is 14.6. The van der Waals surface area contributed by atoms with Crippen LogP contribution in [0.1, 0.15) is 28.8 Å². The van der Waals surface area contributed by atoms with Crippen molar-refractivity contribution in [2.45, 2.75) is 25.1 Å². The van der Waals surface area contributed by atoms with Crippen LogP contribution in [0.4, 0.5) is 10.1 Å². The van der Waals surface area contributed by atoms with E-state index in [4.69, 9.17) is 4.74 Å². The van der Waals surface area contributed by atoms with E-state index in [-0.39, 0.29) is 36.8 Å². The Bertz CT molecular complexity index is 961. The van der Waals surface area contributed by atoms with E-state index in [0.717, 1.165) is 0 Å². The van der Waals surface area contributed by atoms with E-state index in [2.05, 4.69) is 0 Å². The minimum absolute atomic E-state index is 0.112. The van der Waals surface area contributed by atoms with Gasteiger partial charge in [-0.05, 0) is 18.2 Å². The van der Waals surface area contributed by atoms with E-state index < -0.39 is 17.4 Å². The molecule has 0 spiro atoms. The second-order valence-corrected chi connectivity index (χ2v) is 6.59. The Balaban J connectivity index is 1.71. The summed E-state index contributed by atoms with van der Waals surface area (Å²) >= 11 is 0. The highest BCUT2D eigenvalue weighted by Crippen LogP contribution is 2.44. The molecule has 0 aromatic heterocycles. The molecule has 4 rings (SSSR count). The van der Waals surface area contributed by atoms with Crippen LogP contribution < -0.4 is 4.90 Å². The van der Waals surface area contributed by atoms with E-state index >= 15 is 0 Å². The SMILES string of the molecule is CN1C(=O)c2ccccc2N2C(=O)CC[C@@]12C(=O)OCc1ccccc1F. The van der Waals surface area contributed by atoms with Gasteiger partial charge in [0, 0.05) is 25.5 Å². The first-order chi connectivity index (χ1) is 13.0. The molecule has 0 unspecified atom stereocenters. The summed E-state index contributed by atoms with van der Waals surface area (Å²) in [5, 5.41) is 0. The molecule has 0 aliphatic carbocycles. The van der Waals surface area contributed by atoms with Gasteiger partial charge in [0.1, 0.15) is 12.4 Å². The highest BCUT2D eigenvalue weighted by atomic mass is 19.1. The van der Waals surface area contributed by atoms with Crippen LogP contribution in [0.2, 0.25) is 0 Å². The average Bonchev–Trinajstić information content (AvgIpc) is 3.04. The monoisotopic (exact) mass is 368 g/mol. The summed E-state index contributed by atoms with van der Waals surface area (Å²) in [6, 6.07) is 12.6. The van der Waals surface area contributed by atoms with Gasteiger partial charge in [-0.3, -0.25) is 14.5 Å². The number of rotatable bonds is 3. The van der Waals surface area contributed by atoms with Gasteiger partial charge in [-0.1, -0.05) is 30.3 Å². The molecule has 0 N–H and O–H groups in total. The molecule has 2 amide bonds. The molecule has 0 bridgehead atoms. The Morgan fingerprint density at radius 3 is 2.63 bits per heavy atom. The molecule has 2 aromatic carbocycles. The van der Waals surface area contributed by atoms with Crippen LogP contribution in [0.3, 0.4) is 0 Å². The molecule has 1 fully saturated rings. The van der Waals surface area contributed by atoms with E-state index in [0.29, 0.717) is 11.3 Å². The molecule has 2 heterocycles. The first-order valence-corrected chi connectivity index (χ1v) is 8.57. The number of hydrogen-bond acceptors (Lipinski definition) is 4. The second-order valence-electron chi connectivity index (χ2n) is 6.59. The molecule has 0 saturated carbocycles. The van der Waals surface area contributed by atoms with Gasteiger partial charge in [0.25, 0.3) is 5.91 Å². The highest BCUT2D eigenvalue weighted by Gasteiger charge is 2.60. The Hall–Kier alpha value is -3.22. The van der Waals surface area contributed by atoms with Crippen molar-refractivity contribution in [3.05, 3.63) is 65.5 Å². The molecule has 1 saturated heterocycles. The molecule has 6 nitrogen and oxygen atoms in total. The summed E-state index contributed by atoms with van der Waals surface area (Å²) in [5.74, 6) is -1.86. The maximum atomic E-state index is 13.8. The van der Waals surface area contributed by atoms with Gasteiger partial charge in [-0.2, -0.15) is 0 Å². The molecular weight excluding hydrogens is 351 g/mol. The van der Waals surface area contributed by atoms with Gasteiger partial charge in [0.2, 0.25) is 11.6 Å². The van der Waals surface area contributed by atoms with Crippen LogP contribution in [0.25, 0.3) is 0 Å². The maximum absolute atomic E-state index is 13.8. The molecule has 7 heteroatoms. The fraction of sp³-hybridized carbons (Fsp3) is 0.250. The first-order valence-electron chi connectivity index (χ1n) is 8.57. The lowest BCUT2D eigenvalue weighted by Gasteiger charge is -2.46. The average molecular weight is 368 g/mol. The Morgan fingerprint density at radius 2 is 1.85 bits per heavy atom. The number of benzene rings is 2. The van der Waals surface area contributed by atoms with Crippen LogP contribution in [0.5, 0.6) is 0 Å². The lowest BCUT2D eigenvalue weighted by atomic mass is 9.97. The molecule has 1 atom stereocenters. The summed E-state index contributed by atoms with van der Waals surface area (Å²) in [6.45, 7) is -0.279. The zero-order valence-electron chi connectivity index (χ0n) is 14.6. The predicted octanol–water partition coefficient (Wildman–Crippen LogP) is 2.48. The van der Waals surface area contributed by atoms with Crippen LogP contribution in [0, 0.1) is 5.82 Å². The minimum atomic E-state index is -1.55. The third kappa shape index (κ3) is 2.42. The molecule has 0 radical (unpaired) electrons. The smallest absolute Gasteiger partial charge is 0.354 e. The lowest BCUT2D eigenvalue weighted by Crippen LogP contribution is -2.67. The number of esters is 1. The Kier molecular flexibility index (Phi) is 3.95. The van der Waals surface area contributed by atoms with E-state index in [1.807, 2.05) is 0 Å². The van der Waals surface area contributed by atoms with Gasteiger partial charge in [0.15, 0.2) is 0 Å². The van der Waals surface area contributed by atoms with Crippen molar-refractivity contribution in [3.8, 4) is 0 Å². The second kappa shape index (κ2) is 6.19. The third-order valence-electron chi connectivity index (χ3n) is 5.19. The van der Waals surface area contributed by atoms with Gasteiger partial charge in [0.05, 0.1) is 11.3 Å². The standard InChI is InChI=1S/C20H17FN2O4/c1-22-18(25)14-7-3-5-9-16(14)23-17(24)10-11-20(22,23)19(26)27-12-13-6-2-4-8-15(13)21/h2-9H,10-12H2,1H3/t20-/m1/s1. The van der Waals surface area contributed by atoms with E-state index in [9.17, 15) is 18.8 Å². The number of para-hydroxylation sites is 1. The van der Waals surface area contributed by atoms with Crippen molar-refractivity contribution >= 4 is 23.5 Å². The molecular formula is C20H17FN2O4. The van der Waals surface area contributed by atoms with Gasteiger partial charge in [-0.15, -0.1) is 0 Å². The van der Waals surface area contributed by atoms with Crippen LogP contribution >= 0.6 is 0 Å². The summed E-state index contributed by atoms with van der Waals surface area (Å²) < 4.78 is 19.2. The first kappa shape index (κ1) is 17.2. The van der Waals surface area contributed by atoms with Crippen LogP contribution in [-0.2, 0) is 20.9 Å². The van der Waals surface area contributed by atoms with Crippen LogP contribution in [-0.4, -0.2) is 35.4 Å². The fourth-order valence-electron chi connectivity index (χ4n) is 3.77. The molecule has 2 aromatic rings. The van der Waals surface area contributed by atoms with Crippen molar-refractivity contribution in [2.75, 3.05) is 11.9 Å². The Morgan fingerprint density at radius 1 is 1.15 bits per heavy atom. The number of nitrogens with zero attached hydrogens (tertiary/aromatic N) is 2. The normalized spacial score (nSPS) is 21.1. The summed E-state index contributed by atoms with van der Waals surface area (Å²) in [7, 11) is 1.48. The predicted molar refractivity (Wildman–Crippen MR) is 94.2 cm³/mol. The third-order valence-corrected chi connectivity index (χ3v) is 5.19. The van der Waals surface area contributed by atoms with Crippen LogP contribution in [0.15, 0.2) is 48.5 Å². The van der Waals surface area contributed by atoms with Crippen molar-refractivity contribution < 1.29 is 23.5 Å². The number of ether oxygens (including phenoxy) is 1. The Labute approximate surface area is 155 Å². The summed E-state index contributed by atoms with van der Waals surface area (Å²) in [6.07, 6.45) is 0.235. The number of halogens is 1. The summed E-state index contributed by atoms with van der Waals surface area (Å²) in [4.78, 5) is 41.1. The molecule has 2 aliphatic heterocycles. The van der Waals surface area contributed by atoms with E-state index in [1.165, 1.54) is 29.0 Å². The largest absolute Gasteiger partial charge is 0.458 e. The molecule has 27 heavy (non-hydrogen) atoms. The molecule has 138 valence electrons. The number of fused-ring (bicyclic) bond motifs is 3. The van der Waals surface area contributed by atoms with Crippen molar-refractivity contribution in [3.63, 3.8) is 0 Å². The molecule has 2 aliphatic rings. The van der Waals surface area contributed by atoms with Crippen molar-refractivity contribution in [1.29, 1.82) is 0 Å². The lowest BCUT2D eigenvalue weighted by molar-refractivity contribution is -0.157. The number of carbonyl (C=O) groups is 3. The van der Waals surface area contributed by atoms with Crippen molar-refractivity contribution in [2.24, 2.45) is 0 Å². The van der Waals surface area contributed by atoms with Gasteiger partial charge < -0.3 is 9.64 Å². The number of amides is 2. The fourth-order valence-corrected chi connectivity index (χ4v) is 3.77. The maximum Gasteiger partial charge on any atom is 0.354 e. The van der Waals surface area contributed by atoms with E-state index in [1.54, 1.807) is 36.4 Å². The number of carbonyl (C=O) groups excluding carboxylic acids is 3. The quantitative estimate of drug-likeness (QED) is 0.781. The van der Waals surface area contributed by atoms with Gasteiger partial charge in [-0.25, -0.2) is 9.18 Å². The number of hydrogen-bond donors (Lipinski definition) is 0. The zero-order chi connectivity index (χ0) is 19.2. The number of anilines is 1. The topological polar surface area (TPSA) is 66.9 Å². The number of likely N-dealkylation sites (N-methyl/N-ethyl adjacent to an activating group) is 1. The highest BCUT2D eigenvalue weighted by molar-refractivity contribution is 6.15. The van der Waals surface area contributed by atoms with Crippen molar-refractivity contribution in [1.82, 2.24) is 4.90 Å². The minimum Gasteiger partial charge on any atom is -0.458 e. The summed E-state index contributed by atoms with van der Waals surface area (Å²) in [5.41, 5.74) is -0.574. The van der Waals surface area contributed by atoms with Gasteiger partial charge >= 0.3 is 5.97 Å².